The summed E-state index contributed by atoms with van der Waals surface area (Å²) in [5.41, 5.74) is 0.352. The molecule has 14 heavy (non-hydrogen) atoms. The van der Waals surface area contributed by atoms with Crippen LogP contribution in [0.3, 0.4) is 0 Å². The van der Waals surface area contributed by atoms with Crippen LogP contribution in [0.15, 0.2) is 24.3 Å². The number of carbonyl (C=O) groups excluding carboxylic acids is 1. The lowest BCUT2D eigenvalue weighted by atomic mass is 9.71. The van der Waals surface area contributed by atoms with Gasteiger partial charge in [0, 0.05) is 5.92 Å². The van der Waals surface area contributed by atoms with Crippen molar-refractivity contribution >= 4 is 5.78 Å². The summed E-state index contributed by atoms with van der Waals surface area (Å²) in [6.45, 7) is 4.09. The number of allylic oxidation sites excluding steroid dienone is 4. The van der Waals surface area contributed by atoms with Gasteiger partial charge < -0.3 is 0 Å². The van der Waals surface area contributed by atoms with Gasteiger partial charge in [-0.3, -0.25) is 4.79 Å². The molecule has 1 fully saturated rings. The van der Waals surface area contributed by atoms with Crippen molar-refractivity contribution in [2.75, 3.05) is 0 Å². The lowest BCUT2D eigenvalue weighted by Gasteiger charge is -2.31. The Morgan fingerprint density at radius 1 is 1.50 bits per heavy atom. The van der Waals surface area contributed by atoms with Crippen molar-refractivity contribution in [3.05, 3.63) is 24.3 Å². The Balaban J connectivity index is 2.22. The maximum atomic E-state index is 11.9. The molecule has 0 aliphatic heterocycles. The number of hydrogen-bond donors (Lipinski definition) is 0. The van der Waals surface area contributed by atoms with Crippen LogP contribution in [-0.4, -0.2) is 5.78 Å². The number of ketones is 1. The molecule has 1 saturated carbocycles. The van der Waals surface area contributed by atoms with Crippen LogP contribution >= 0.6 is 0 Å². The quantitative estimate of drug-likeness (QED) is 0.483. The molecule has 1 spiro atoms. The maximum Gasteiger partial charge on any atom is 0.159 e. The minimum Gasteiger partial charge on any atom is -0.295 e. The Morgan fingerprint density at radius 2 is 2.21 bits per heavy atom. The maximum absolute atomic E-state index is 11.9. The predicted octanol–water partition coefficient (Wildman–Crippen LogP) is 3.12. The Kier molecular flexibility index (Phi) is 2.34. The highest BCUT2D eigenvalue weighted by molar-refractivity contribution is 5.93. The summed E-state index contributed by atoms with van der Waals surface area (Å²) < 4.78 is 0. The minimum absolute atomic E-state index is 0.253. The SMILES string of the molecule is C/C=C/C(=O)[C@@H]1[C@H](C)C=CCC12CC2. The van der Waals surface area contributed by atoms with E-state index < -0.39 is 0 Å². The lowest BCUT2D eigenvalue weighted by molar-refractivity contribution is -0.121. The molecule has 0 heterocycles. The van der Waals surface area contributed by atoms with Gasteiger partial charge in [0.15, 0.2) is 5.78 Å². The first kappa shape index (κ1) is 9.70. The first-order chi connectivity index (χ1) is 6.69. The average Bonchev–Trinajstić information content (AvgIpc) is 2.85. The van der Waals surface area contributed by atoms with Crippen molar-refractivity contribution in [1.82, 2.24) is 0 Å². The van der Waals surface area contributed by atoms with E-state index in [1.165, 1.54) is 12.8 Å². The van der Waals surface area contributed by atoms with Gasteiger partial charge in [0.25, 0.3) is 0 Å². The molecular formula is C13H18O. The second-order valence-electron chi connectivity index (χ2n) is 4.73. The fraction of sp³-hybridized carbons (Fsp3) is 0.615. The first-order valence-electron chi connectivity index (χ1n) is 5.53. The van der Waals surface area contributed by atoms with Crippen LogP contribution < -0.4 is 0 Å². The molecule has 76 valence electrons. The summed E-state index contributed by atoms with van der Waals surface area (Å²) in [4.78, 5) is 11.9. The molecule has 0 aromatic heterocycles. The normalized spacial score (nSPS) is 33.9. The van der Waals surface area contributed by atoms with E-state index in [-0.39, 0.29) is 5.92 Å². The van der Waals surface area contributed by atoms with E-state index in [2.05, 4.69) is 19.1 Å². The van der Waals surface area contributed by atoms with Gasteiger partial charge in [0.2, 0.25) is 0 Å². The average molecular weight is 190 g/mol. The molecule has 0 radical (unpaired) electrons. The van der Waals surface area contributed by atoms with Crippen LogP contribution in [0.25, 0.3) is 0 Å². The molecule has 1 heteroatoms. The summed E-state index contributed by atoms with van der Waals surface area (Å²) in [5.74, 6) is 1.01. The molecule has 2 aliphatic rings. The zero-order valence-corrected chi connectivity index (χ0v) is 8.99. The highest BCUT2D eigenvalue weighted by Gasteiger charge is 2.53. The topological polar surface area (TPSA) is 17.1 Å². The van der Waals surface area contributed by atoms with Gasteiger partial charge in [0.05, 0.1) is 0 Å². The van der Waals surface area contributed by atoms with Gasteiger partial charge in [-0.05, 0) is 43.6 Å². The Bertz CT molecular complexity index is 294. The lowest BCUT2D eigenvalue weighted by Crippen LogP contribution is -2.31. The molecule has 2 aliphatic carbocycles. The monoisotopic (exact) mass is 190 g/mol. The summed E-state index contributed by atoms with van der Waals surface area (Å²) in [7, 11) is 0. The van der Waals surface area contributed by atoms with Crippen LogP contribution in [0.1, 0.15) is 33.1 Å². The zero-order valence-electron chi connectivity index (χ0n) is 8.99. The van der Waals surface area contributed by atoms with Crippen LogP contribution in [0.5, 0.6) is 0 Å². The number of hydrogen-bond acceptors (Lipinski definition) is 1. The predicted molar refractivity (Wildman–Crippen MR) is 57.9 cm³/mol. The van der Waals surface area contributed by atoms with Crippen LogP contribution in [0.2, 0.25) is 0 Å². The third-order valence-electron chi connectivity index (χ3n) is 3.68. The van der Waals surface area contributed by atoms with Crippen LogP contribution in [0, 0.1) is 17.3 Å². The zero-order chi connectivity index (χ0) is 10.2. The Morgan fingerprint density at radius 3 is 2.79 bits per heavy atom. The highest BCUT2D eigenvalue weighted by atomic mass is 16.1. The Labute approximate surface area is 85.9 Å². The van der Waals surface area contributed by atoms with Crippen molar-refractivity contribution in [3.8, 4) is 0 Å². The van der Waals surface area contributed by atoms with Crippen molar-refractivity contribution in [1.29, 1.82) is 0 Å². The summed E-state index contributed by atoms with van der Waals surface area (Å²) >= 11 is 0. The summed E-state index contributed by atoms with van der Waals surface area (Å²) in [5, 5.41) is 0. The molecule has 0 saturated heterocycles. The van der Waals surface area contributed by atoms with E-state index >= 15 is 0 Å². The molecule has 2 atom stereocenters. The van der Waals surface area contributed by atoms with E-state index in [9.17, 15) is 4.79 Å². The number of rotatable bonds is 2. The molecule has 1 nitrogen and oxygen atoms in total. The third kappa shape index (κ3) is 1.45. The van der Waals surface area contributed by atoms with Gasteiger partial charge >= 0.3 is 0 Å². The second kappa shape index (κ2) is 3.38. The van der Waals surface area contributed by atoms with Gasteiger partial charge in [0.1, 0.15) is 0 Å². The van der Waals surface area contributed by atoms with Crippen molar-refractivity contribution in [3.63, 3.8) is 0 Å². The largest absolute Gasteiger partial charge is 0.295 e. The van der Waals surface area contributed by atoms with Gasteiger partial charge in [-0.25, -0.2) is 0 Å². The molecule has 0 bridgehead atoms. The van der Waals surface area contributed by atoms with E-state index in [1.54, 1.807) is 6.08 Å². The smallest absolute Gasteiger partial charge is 0.159 e. The van der Waals surface area contributed by atoms with E-state index in [0.29, 0.717) is 17.1 Å². The third-order valence-corrected chi connectivity index (χ3v) is 3.68. The van der Waals surface area contributed by atoms with E-state index in [1.807, 2.05) is 13.0 Å². The van der Waals surface area contributed by atoms with Gasteiger partial charge in [-0.15, -0.1) is 0 Å². The van der Waals surface area contributed by atoms with Gasteiger partial charge in [-0.1, -0.05) is 25.2 Å². The first-order valence-corrected chi connectivity index (χ1v) is 5.53. The van der Waals surface area contributed by atoms with Gasteiger partial charge in [-0.2, -0.15) is 0 Å². The summed E-state index contributed by atoms with van der Waals surface area (Å²) in [6.07, 6.45) is 11.7. The van der Waals surface area contributed by atoms with Crippen LogP contribution in [-0.2, 0) is 4.79 Å². The fourth-order valence-corrected chi connectivity index (χ4v) is 2.82. The second-order valence-corrected chi connectivity index (χ2v) is 4.73. The number of carbonyl (C=O) groups is 1. The molecule has 0 N–H and O–H groups in total. The molecule has 0 unspecified atom stereocenters. The van der Waals surface area contributed by atoms with Crippen molar-refractivity contribution < 1.29 is 4.79 Å². The fourth-order valence-electron chi connectivity index (χ4n) is 2.82. The van der Waals surface area contributed by atoms with Crippen molar-refractivity contribution in [2.45, 2.75) is 33.1 Å². The molecule has 0 amide bonds. The van der Waals surface area contributed by atoms with E-state index in [0.717, 1.165) is 6.42 Å². The molecule has 2 rings (SSSR count). The Hall–Kier alpha value is -0.850. The van der Waals surface area contributed by atoms with Crippen molar-refractivity contribution in [2.24, 2.45) is 17.3 Å². The van der Waals surface area contributed by atoms with E-state index in [4.69, 9.17) is 0 Å². The molecule has 0 aromatic carbocycles. The standard InChI is InChI=1S/C13H18O/c1-3-5-11(14)12-10(2)6-4-7-13(12)8-9-13/h3-6,10,12H,7-9H2,1-2H3/b5-3+/t10-,12+/m1/s1. The molecule has 0 aromatic rings. The molecular weight excluding hydrogens is 172 g/mol. The van der Waals surface area contributed by atoms with Crippen LogP contribution in [0.4, 0.5) is 0 Å². The minimum atomic E-state index is 0.253. The summed E-state index contributed by atoms with van der Waals surface area (Å²) in [6, 6.07) is 0. The highest BCUT2D eigenvalue weighted by Crippen LogP contribution is 2.59.